The van der Waals surface area contributed by atoms with Crippen LogP contribution in [0.25, 0.3) is 0 Å². The molecule has 238 valence electrons. The first-order chi connectivity index (χ1) is 22.3. The Hall–Kier alpha value is -4.72. The van der Waals surface area contributed by atoms with E-state index in [0.29, 0.717) is 23.0 Å². The monoisotopic (exact) mass is 620 g/mol. The molecule has 0 bridgehead atoms. The molecule has 0 amide bonds. The molecular weight excluding hydrogens is 580 g/mol. The van der Waals surface area contributed by atoms with Gasteiger partial charge in [0.2, 0.25) is 0 Å². The highest BCUT2D eigenvalue weighted by atomic mass is 16.6. The minimum absolute atomic E-state index is 0.0304. The molecule has 8 heteroatoms. The van der Waals surface area contributed by atoms with E-state index in [4.69, 9.17) is 9.47 Å². The molecule has 0 spiro atoms. The number of hydrogen-bond acceptors (Lipinski definition) is 6. The number of non-ortho nitro benzene ring substituents is 2. The summed E-state index contributed by atoms with van der Waals surface area (Å²) in [5.41, 5.74) is 2.42. The number of nitro benzene ring substituents is 2. The molecule has 0 N–H and O–H groups in total. The fourth-order valence-corrected chi connectivity index (χ4v) is 7.64. The van der Waals surface area contributed by atoms with Crippen molar-refractivity contribution in [2.75, 3.05) is 0 Å². The Kier molecular flexibility index (Phi) is 9.33. The van der Waals surface area contributed by atoms with Gasteiger partial charge in [-0.15, -0.1) is 0 Å². The number of benzene rings is 4. The molecule has 8 nitrogen and oxygen atoms in total. The van der Waals surface area contributed by atoms with Crippen molar-refractivity contribution in [3.05, 3.63) is 128 Å². The maximum atomic E-state index is 11.0. The number of hydrogen-bond donors (Lipinski definition) is 0. The van der Waals surface area contributed by atoms with Crippen molar-refractivity contribution < 1.29 is 19.3 Å². The highest BCUT2D eigenvalue weighted by Crippen LogP contribution is 2.51. The summed E-state index contributed by atoms with van der Waals surface area (Å²) in [4.78, 5) is 21.2. The van der Waals surface area contributed by atoms with Crippen molar-refractivity contribution in [2.45, 2.75) is 70.1 Å². The van der Waals surface area contributed by atoms with Crippen molar-refractivity contribution in [1.82, 2.24) is 0 Å². The Bertz CT molecular complexity index is 1510. The molecule has 4 aromatic carbocycles. The van der Waals surface area contributed by atoms with Crippen LogP contribution < -0.4 is 9.47 Å². The van der Waals surface area contributed by atoms with Gasteiger partial charge < -0.3 is 9.47 Å². The Morgan fingerprint density at radius 2 is 0.913 bits per heavy atom. The molecule has 0 heterocycles. The fourth-order valence-electron chi connectivity index (χ4n) is 7.64. The van der Waals surface area contributed by atoms with Crippen LogP contribution in [-0.2, 0) is 5.41 Å². The van der Waals surface area contributed by atoms with E-state index >= 15 is 0 Å². The van der Waals surface area contributed by atoms with E-state index in [1.165, 1.54) is 80.3 Å². The first kappa shape index (κ1) is 31.3. The first-order valence-corrected chi connectivity index (χ1v) is 16.4. The van der Waals surface area contributed by atoms with Crippen molar-refractivity contribution in [1.29, 1.82) is 0 Å². The van der Waals surface area contributed by atoms with Crippen LogP contribution in [0.1, 0.15) is 75.8 Å². The fraction of sp³-hybridized carbons (Fsp3) is 0.368. The van der Waals surface area contributed by atoms with E-state index in [9.17, 15) is 20.2 Å². The lowest BCUT2D eigenvalue weighted by molar-refractivity contribution is -0.385. The lowest BCUT2D eigenvalue weighted by Crippen LogP contribution is -2.35. The second-order valence-electron chi connectivity index (χ2n) is 12.9. The molecule has 2 fully saturated rings. The predicted octanol–water partition coefficient (Wildman–Crippen LogP) is 10.8. The SMILES string of the molecule is CC[C@H]1CC[C@H](C2CCC(c3ccc(Oc4ccc([N+](=O)[O-])cc4)cc3)(c3ccc(Oc4ccc([N+](=O)[O-])cc4)cc3)CC2)CC1. The van der Waals surface area contributed by atoms with Crippen molar-refractivity contribution in [3.63, 3.8) is 0 Å². The van der Waals surface area contributed by atoms with Gasteiger partial charge in [-0.2, -0.15) is 0 Å². The van der Waals surface area contributed by atoms with E-state index in [2.05, 4.69) is 31.2 Å². The van der Waals surface area contributed by atoms with Gasteiger partial charge in [0.25, 0.3) is 11.4 Å². The minimum atomic E-state index is -0.419. The summed E-state index contributed by atoms with van der Waals surface area (Å²) in [6.07, 6.45) is 11.3. The molecule has 2 saturated carbocycles. The Morgan fingerprint density at radius 1 is 0.565 bits per heavy atom. The van der Waals surface area contributed by atoms with E-state index in [0.717, 1.165) is 30.6 Å². The number of ether oxygens (including phenoxy) is 2. The van der Waals surface area contributed by atoms with E-state index in [-0.39, 0.29) is 16.8 Å². The normalized spacial score (nSPS) is 19.7. The molecule has 2 aliphatic carbocycles. The topological polar surface area (TPSA) is 105 Å². The van der Waals surface area contributed by atoms with Crippen molar-refractivity contribution in [2.24, 2.45) is 17.8 Å². The largest absolute Gasteiger partial charge is 0.457 e. The zero-order valence-corrected chi connectivity index (χ0v) is 26.2. The van der Waals surface area contributed by atoms with E-state index in [1.807, 2.05) is 24.3 Å². The summed E-state index contributed by atoms with van der Waals surface area (Å²) in [7, 11) is 0. The third-order valence-corrected chi connectivity index (χ3v) is 10.4. The summed E-state index contributed by atoms with van der Waals surface area (Å²) in [6.45, 7) is 2.32. The smallest absolute Gasteiger partial charge is 0.269 e. The Balaban J connectivity index is 1.22. The molecule has 0 aliphatic heterocycles. The number of nitrogens with zero attached hydrogens (tertiary/aromatic N) is 2. The molecule has 0 radical (unpaired) electrons. The van der Waals surface area contributed by atoms with Crippen LogP contribution in [0.4, 0.5) is 11.4 Å². The summed E-state index contributed by atoms with van der Waals surface area (Å²) in [5, 5.41) is 22.0. The van der Waals surface area contributed by atoms with Crippen LogP contribution in [0.3, 0.4) is 0 Å². The van der Waals surface area contributed by atoms with Gasteiger partial charge in [-0.25, -0.2) is 0 Å². The maximum absolute atomic E-state index is 11.0. The van der Waals surface area contributed by atoms with Crippen LogP contribution in [0.5, 0.6) is 23.0 Å². The van der Waals surface area contributed by atoms with Gasteiger partial charge in [0.15, 0.2) is 0 Å². The molecule has 0 aromatic heterocycles. The highest BCUT2D eigenvalue weighted by Gasteiger charge is 2.41. The molecule has 0 saturated heterocycles. The van der Waals surface area contributed by atoms with Gasteiger partial charge in [-0.05, 0) is 116 Å². The highest BCUT2D eigenvalue weighted by molar-refractivity contribution is 5.46. The van der Waals surface area contributed by atoms with Gasteiger partial charge >= 0.3 is 0 Å². The molecule has 6 rings (SSSR count). The van der Waals surface area contributed by atoms with Gasteiger partial charge in [0.05, 0.1) is 9.85 Å². The van der Waals surface area contributed by atoms with Crippen LogP contribution in [0.2, 0.25) is 0 Å². The third kappa shape index (κ3) is 6.91. The molecule has 2 aliphatic rings. The van der Waals surface area contributed by atoms with E-state index < -0.39 is 9.85 Å². The summed E-state index contributed by atoms with van der Waals surface area (Å²) in [5.74, 6) is 4.96. The van der Waals surface area contributed by atoms with Crippen molar-refractivity contribution in [3.8, 4) is 23.0 Å². The Morgan fingerprint density at radius 3 is 1.26 bits per heavy atom. The Labute approximate surface area is 269 Å². The zero-order valence-electron chi connectivity index (χ0n) is 26.2. The predicted molar refractivity (Wildman–Crippen MR) is 178 cm³/mol. The van der Waals surface area contributed by atoms with Crippen LogP contribution in [0, 0.1) is 38.0 Å². The minimum Gasteiger partial charge on any atom is -0.457 e. The molecule has 0 unspecified atom stereocenters. The van der Waals surface area contributed by atoms with Crippen LogP contribution in [0.15, 0.2) is 97.1 Å². The van der Waals surface area contributed by atoms with Crippen LogP contribution >= 0.6 is 0 Å². The zero-order chi connectivity index (χ0) is 32.1. The quantitative estimate of drug-likeness (QED) is 0.129. The average Bonchev–Trinajstić information content (AvgIpc) is 3.09. The summed E-state index contributed by atoms with van der Waals surface area (Å²) >= 11 is 0. The second-order valence-corrected chi connectivity index (χ2v) is 12.9. The third-order valence-electron chi connectivity index (χ3n) is 10.4. The van der Waals surface area contributed by atoms with Crippen LogP contribution in [-0.4, -0.2) is 9.85 Å². The standard InChI is InChI=1S/C38H40N2O6/c1-2-27-3-5-28(6-4-27)29-23-25-38(26-24-29,30-7-15-34(16-8-30)45-36-19-11-32(12-20-36)39(41)42)31-9-17-35(18-10-31)46-37-21-13-33(14-22-37)40(43)44/h7-22,27-29H,2-6,23-26H2,1H3/t27-,28-. The van der Waals surface area contributed by atoms with Gasteiger partial charge in [-0.1, -0.05) is 50.5 Å². The molecular formula is C38H40N2O6. The van der Waals surface area contributed by atoms with Crippen molar-refractivity contribution >= 4 is 11.4 Å². The number of rotatable bonds is 10. The molecule has 46 heavy (non-hydrogen) atoms. The molecule has 0 atom stereocenters. The van der Waals surface area contributed by atoms with Gasteiger partial charge in [0.1, 0.15) is 23.0 Å². The lowest BCUT2D eigenvalue weighted by Gasteiger charge is -2.44. The summed E-state index contributed by atoms with van der Waals surface area (Å²) in [6, 6.07) is 28.8. The van der Waals surface area contributed by atoms with Gasteiger partial charge in [0, 0.05) is 29.7 Å². The first-order valence-electron chi connectivity index (χ1n) is 16.4. The molecule has 4 aromatic rings. The van der Waals surface area contributed by atoms with E-state index in [1.54, 1.807) is 24.3 Å². The van der Waals surface area contributed by atoms with Gasteiger partial charge in [-0.3, -0.25) is 20.2 Å². The maximum Gasteiger partial charge on any atom is 0.269 e. The lowest BCUT2D eigenvalue weighted by atomic mass is 9.60. The number of nitro groups is 2. The summed E-state index contributed by atoms with van der Waals surface area (Å²) < 4.78 is 12.0. The second kappa shape index (κ2) is 13.7. The average molecular weight is 621 g/mol.